The monoisotopic (exact) mass is 413 g/mol. The zero-order valence-electron chi connectivity index (χ0n) is 14.8. The molecule has 0 amide bonds. The van der Waals surface area contributed by atoms with Crippen molar-refractivity contribution in [1.29, 1.82) is 0 Å². The van der Waals surface area contributed by atoms with Crippen LogP contribution in [0.4, 0.5) is 0 Å². The Morgan fingerprint density at radius 1 is 1.00 bits per heavy atom. The molecule has 27 heavy (non-hydrogen) atoms. The van der Waals surface area contributed by atoms with Crippen LogP contribution in [-0.4, -0.2) is 33.2 Å². The van der Waals surface area contributed by atoms with Crippen molar-refractivity contribution >= 4 is 27.6 Å². The predicted octanol–water partition coefficient (Wildman–Crippen LogP) is 2.77. The number of rotatable bonds is 8. The van der Waals surface area contributed by atoms with Gasteiger partial charge < -0.3 is 14.2 Å². The van der Waals surface area contributed by atoms with Gasteiger partial charge in [0.2, 0.25) is 10.0 Å². The Hall–Kier alpha value is -2.29. The number of ether oxygens (including phenoxy) is 3. The molecule has 9 heteroatoms. The van der Waals surface area contributed by atoms with Gasteiger partial charge in [0.05, 0.1) is 4.90 Å². The summed E-state index contributed by atoms with van der Waals surface area (Å²) in [5.41, 5.74) is -1.19. The van der Waals surface area contributed by atoms with Crippen molar-refractivity contribution in [2.24, 2.45) is 5.14 Å². The molecule has 0 aliphatic carbocycles. The molecule has 2 N–H and O–H groups in total. The molecule has 0 aliphatic rings. The van der Waals surface area contributed by atoms with Crippen molar-refractivity contribution in [1.82, 2.24) is 0 Å². The molecular weight excluding hydrogens is 394 g/mol. The average molecular weight is 414 g/mol. The minimum Gasteiger partial charge on any atom is -0.490 e. The maximum atomic E-state index is 12.2. The van der Waals surface area contributed by atoms with E-state index in [0.29, 0.717) is 16.5 Å². The highest BCUT2D eigenvalue weighted by atomic mass is 35.5. The number of carbonyl (C=O) groups is 1. The Morgan fingerprint density at radius 3 is 2.11 bits per heavy atom. The molecule has 0 atom stereocenters. The summed E-state index contributed by atoms with van der Waals surface area (Å²) in [6.45, 7) is 3.29. The smallest absolute Gasteiger partial charge is 0.350 e. The van der Waals surface area contributed by atoms with E-state index in [2.05, 4.69) is 0 Å². The van der Waals surface area contributed by atoms with Crippen LogP contribution in [0.2, 0.25) is 5.02 Å². The van der Waals surface area contributed by atoms with E-state index in [1.807, 2.05) is 0 Å². The molecule has 0 unspecified atom stereocenters. The lowest BCUT2D eigenvalue weighted by atomic mass is 10.1. The molecule has 0 bridgehead atoms. The Labute approximate surface area is 163 Å². The molecule has 0 aromatic heterocycles. The molecule has 7 nitrogen and oxygen atoms in total. The lowest BCUT2D eigenvalue weighted by Crippen LogP contribution is -2.40. The summed E-state index contributed by atoms with van der Waals surface area (Å²) < 4.78 is 38.6. The fourth-order valence-corrected chi connectivity index (χ4v) is 2.67. The third-order valence-electron chi connectivity index (χ3n) is 3.42. The molecule has 0 saturated carbocycles. The standard InChI is InChI=1S/C18H20ClNO6S/c1-18(2,26-15-5-3-13(19)4-6-15)17(21)25-12-11-24-14-7-9-16(10-8-14)27(20,22)23/h3-10H,11-12H2,1-2H3,(H2,20,22,23). The van der Waals surface area contributed by atoms with E-state index in [1.165, 1.54) is 24.3 Å². The second-order valence-corrected chi connectivity index (χ2v) is 8.06. The molecule has 0 spiro atoms. The summed E-state index contributed by atoms with van der Waals surface area (Å²) in [6, 6.07) is 12.2. The number of sulfonamides is 1. The second-order valence-electron chi connectivity index (χ2n) is 6.07. The first-order chi connectivity index (χ1) is 12.6. The van der Waals surface area contributed by atoms with Gasteiger partial charge in [-0.1, -0.05) is 11.6 Å². The zero-order chi connectivity index (χ0) is 20.1. The van der Waals surface area contributed by atoms with Crippen molar-refractivity contribution in [3.63, 3.8) is 0 Å². The van der Waals surface area contributed by atoms with Gasteiger partial charge in [-0.2, -0.15) is 0 Å². The van der Waals surface area contributed by atoms with Crippen LogP contribution in [0.25, 0.3) is 0 Å². The van der Waals surface area contributed by atoms with Gasteiger partial charge in [0.25, 0.3) is 0 Å². The summed E-state index contributed by atoms with van der Waals surface area (Å²) in [4.78, 5) is 12.2. The van der Waals surface area contributed by atoms with Crippen LogP contribution in [0.3, 0.4) is 0 Å². The molecule has 2 rings (SSSR count). The van der Waals surface area contributed by atoms with Gasteiger partial charge in [0.1, 0.15) is 24.7 Å². The van der Waals surface area contributed by atoms with Crippen LogP contribution in [-0.2, 0) is 19.6 Å². The maximum Gasteiger partial charge on any atom is 0.350 e. The summed E-state index contributed by atoms with van der Waals surface area (Å²) in [5, 5.41) is 5.59. The highest BCUT2D eigenvalue weighted by Gasteiger charge is 2.31. The first-order valence-electron chi connectivity index (χ1n) is 7.95. The van der Waals surface area contributed by atoms with E-state index in [4.69, 9.17) is 31.0 Å². The van der Waals surface area contributed by atoms with Gasteiger partial charge in [0, 0.05) is 5.02 Å². The van der Waals surface area contributed by atoms with E-state index in [0.717, 1.165) is 0 Å². The SMILES string of the molecule is CC(C)(Oc1ccc(Cl)cc1)C(=O)OCCOc1ccc(S(N)(=O)=O)cc1. The van der Waals surface area contributed by atoms with E-state index in [9.17, 15) is 13.2 Å². The van der Waals surface area contributed by atoms with Crippen LogP contribution < -0.4 is 14.6 Å². The summed E-state index contributed by atoms with van der Waals surface area (Å²) in [6.07, 6.45) is 0. The lowest BCUT2D eigenvalue weighted by Gasteiger charge is -2.24. The number of benzene rings is 2. The molecule has 2 aromatic carbocycles. The Balaban J connectivity index is 1.80. The van der Waals surface area contributed by atoms with Crippen molar-refractivity contribution in [3.05, 3.63) is 53.6 Å². The number of hydrogen-bond acceptors (Lipinski definition) is 6. The average Bonchev–Trinajstić information content (AvgIpc) is 2.60. The highest BCUT2D eigenvalue weighted by Crippen LogP contribution is 2.22. The van der Waals surface area contributed by atoms with Crippen LogP contribution >= 0.6 is 11.6 Å². The molecule has 0 saturated heterocycles. The van der Waals surface area contributed by atoms with Crippen LogP contribution in [0.1, 0.15) is 13.8 Å². The Bertz CT molecular complexity index is 879. The number of hydrogen-bond donors (Lipinski definition) is 1. The van der Waals surface area contributed by atoms with Gasteiger partial charge in [-0.3, -0.25) is 0 Å². The molecule has 0 aliphatic heterocycles. The largest absolute Gasteiger partial charge is 0.490 e. The molecule has 146 valence electrons. The van der Waals surface area contributed by atoms with E-state index >= 15 is 0 Å². The quantitative estimate of drug-likeness (QED) is 0.527. The first kappa shape index (κ1) is 21.0. The van der Waals surface area contributed by atoms with Crippen LogP contribution in [0.15, 0.2) is 53.4 Å². The second kappa shape index (κ2) is 8.60. The molecule has 0 fully saturated rings. The van der Waals surface area contributed by atoms with Gasteiger partial charge in [-0.05, 0) is 62.4 Å². The summed E-state index contributed by atoms with van der Waals surface area (Å²) in [5.74, 6) is 0.369. The minimum atomic E-state index is -3.75. The summed E-state index contributed by atoms with van der Waals surface area (Å²) in [7, 11) is -3.75. The number of nitrogens with two attached hydrogens (primary N) is 1. The van der Waals surface area contributed by atoms with Crippen LogP contribution in [0.5, 0.6) is 11.5 Å². The van der Waals surface area contributed by atoms with E-state index in [1.54, 1.807) is 38.1 Å². The third kappa shape index (κ3) is 6.42. The van der Waals surface area contributed by atoms with E-state index in [-0.39, 0.29) is 18.1 Å². The fourth-order valence-electron chi connectivity index (χ4n) is 2.03. The normalized spacial score (nSPS) is 11.7. The topological polar surface area (TPSA) is 105 Å². The minimum absolute atomic E-state index is 0.00315. The van der Waals surface area contributed by atoms with Crippen molar-refractivity contribution in [3.8, 4) is 11.5 Å². The third-order valence-corrected chi connectivity index (χ3v) is 4.60. The fraction of sp³-hybridized carbons (Fsp3) is 0.278. The van der Waals surface area contributed by atoms with E-state index < -0.39 is 21.6 Å². The Morgan fingerprint density at radius 2 is 1.56 bits per heavy atom. The number of primary sulfonamides is 1. The molecule has 2 aromatic rings. The van der Waals surface area contributed by atoms with Gasteiger partial charge >= 0.3 is 5.97 Å². The lowest BCUT2D eigenvalue weighted by molar-refractivity contribution is -0.160. The number of esters is 1. The molecular formula is C18H20ClNO6S. The first-order valence-corrected chi connectivity index (χ1v) is 9.88. The number of halogens is 1. The van der Waals surface area contributed by atoms with Crippen LogP contribution in [0, 0.1) is 0 Å². The highest BCUT2D eigenvalue weighted by molar-refractivity contribution is 7.89. The summed E-state index contributed by atoms with van der Waals surface area (Å²) >= 11 is 5.81. The molecule has 0 radical (unpaired) electrons. The zero-order valence-corrected chi connectivity index (χ0v) is 16.4. The molecule has 0 heterocycles. The predicted molar refractivity (Wildman–Crippen MR) is 100 cm³/mol. The van der Waals surface area contributed by atoms with Crippen molar-refractivity contribution < 1.29 is 27.4 Å². The maximum absolute atomic E-state index is 12.2. The van der Waals surface area contributed by atoms with Gasteiger partial charge in [0.15, 0.2) is 5.60 Å². The Kier molecular flexibility index (Phi) is 6.69. The van der Waals surface area contributed by atoms with Crippen molar-refractivity contribution in [2.75, 3.05) is 13.2 Å². The van der Waals surface area contributed by atoms with Gasteiger partial charge in [-0.15, -0.1) is 0 Å². The van der Waals surface area contributed by atoms with Gasteiger partial charge in [-0.25, -0.2) is 18.4 Å². The number of carbonyl (C=O) groups excluding carboxylic acids is 1. The van der Waals surface area contributed by atoms with Crippen molar-refractivity contribution in [2.45, 2.75) is 24.3 Å².